The van der Waals surface area contributed by atoms with E-state index < -0.39 is 6.10 Å². The van der Waals surface area contributed by atoms with Gasteiger partial charge < -0.3 is 9.84 Å². The summed E-state index contributed by atoms with van der Waals surface area (Å²) in [5.41, 5.74) is 0. The Bertz CT molecular complexity index is 167. The van der Waals surface area contributed by atoms with E-state index in [9.17, 15) is 5.11 Å². The Balaban J connectivity index is 3.65. The van der Waals surface area contributed by atoms with Crippen molar-refractivity contribution in [1.82, 2.24) is 4.90 Å². The number of aliphatic hydroxyl groups excluding tert-OH is 1. The molecule has 0 amide bonds. The fraction of sp³-hybridized carbons (Fsp3) is 0.889. The highest BCUT2D eigenvalue weighted by atomic mass is 16.5. The number of likely N-dealkylation sites (N-methyl/N-ethyl adjacent to an activating group) is 1. The quantitative estimate of drug-likeness (QED) is 0.645. The molecule has 0 radical (unpaired) electrons. The molecule has 0 rings (SSSR count). The van der Waals surface area contributed by atoms with Gasteiger partial charge in [0.05, 0.1) is 24.8 Å². The van der Waals surface area contributed by atoms with Gasteiger partial charge in [-0.1, -0.05) is 0 Å². The molecule has 13 heavy (non-hydrogen) atoms. The minimum atomic E-state index is -0.513. The van der Waals surface area contributed by atoms with E-state index >= 15 is 0 Å². The van der Waals surface area contributed by atoms with E-state index in [1.807, 2.05) is 14.0 Å². The summed E-state index contributed by atoms with van der Waals surface area (Å²) in [6.45, 7) is 5.09. The lowest BCUT2D eigenvalue weighted by Gasteiger charge is -2.22. The van der Waals surface area contributed by atoms with Crippen molar-refractivity contribution < 1.29 is 9.84 Å². The number of rotatable bonds is 6. The Hall–Kier alpha value is -0.630. The lowest BCUT2D eigenvalue weighted by molar-refractivity contribution is 0.0230. The van der Waals surface area contributed by atoms with Gasteiger partial charge in [0, 0.05) is 13.2 Å². The minimum Gasteiger partial charge on any atom is -0.389 e. The van der Waals surface area contributed by atoms with Crippen molar-refractivity contribution in [2.24, 2.45) is 0 Å². The number of aliphatic hydroxyl groups is 1. The number of hydrogen-bond donors (Lipinski definition) is 1. The molecule has 0 heterocycles. The third kappa shape index (κ3) is 5.58. The van der Waals surface area contributed by atoms with Crippen LogP contribution >= 0.6 is 0 Å². The molecule has 0 aromatic heterocycles. The molecule has 4 nitrogen and oxygen atoms in total. The van der Waals surface area contributed by atoms with Crippen LogP contribution in [0.25, 0.3) is 0 Å². The second-order valence-electron chi connectivity index (χ2n) is 3.06. The van der Waals surface area contributed by atoms with Gasteiger partial charge in [-0.05, 0) is 20.9 Å². The van der Waals surface area contributed by atoms with E-state index in [0.29, 0.717) is 19.8 Å². The molecule has 0 aliphatic heterocycles. The van der Waals surface area contributed by atoms with Gasteiger partial charge in [-0.2, -0.15) is 5.26 Å². The summed E-state index contributed by atoms with van der Waals surface area (Å²) in [5, 5.41) is 18.0. The van der Waals surface area contributed by atoms with Crippen molar-refractivity contribution in [1.29, 1.82) is 5.26 Å². The van der Waals surface area contributed by atoms with E-state index in [4.69, 9.17) is 10.00 Å². The summed E-state index contributed by atoms with van der Waals surface area (Å²) in [6, 6.07) is 1.93. The molecule has 0 bridgehead atoms. The predicted molar refractivity (Wildman–Crippen MR) is 50.2 cm³/mol. The summed E-state index contributed by atoms with van der Waals surface area (Å²) in [4.78, 5) is 1.80. The normalized spacial score (nSPS) is 15.4. The van der Waals surface area contributed by atoms with Crippen LogP contribution in [0.4, 0.5) is 0 Å². The molecule has 0 aliphatic rings. The average Bonchev–Trinajstić information content (AvgIpc) is 2.13. The van der Waals surface area contributed by atoms with Gasteiger partial charge in [-0.15, -0.1) is 0 Å². The maximum absolute atomic E-state index is 9.42. The van der Waals surface area contributed by atoms with Crippen LogP contribution in [0, 0.1) is 11.3 Å². The van der Waals surface area contributed by atoms with Crippen molar-refractivity contribution in [2.75, 3.05) is 26.8 Å². The highest BCUT2D eigenvalue weighted by Crippen LogP contribution is 1.96. The van der Waals surface area contributed by atoms with Crippen LogP contribution in [-0.2, 0) is 4.74 Å². The van der Waals surface area contributed by atoms with Crippen LogP contribution in [0.1, 0.15) is 13.8 Å². The van der Waals surface area contributed by atoms with E-state index in [1.54, 1.807) is 11.8 Å². The van der Waals surface area contributed by atoms with Crippen LogP contribution in [-0.4, -0.2) is 49.0 Å². The second kappa shape index (κ2) is 6.84. The van der Waals surface area contributed by atoms with Gasteiger partial charge in [0.1, 0.15) is 0 Å². The van der Waals surface area contributed by atoms with Gasteiger partial charge in [0.2, 0.25) is 0 Å². The largest absolute Gasteiger partial charge is 0.389 e. The van der Waals surface area contributed by atoms with Gasteiger partial charge in [-0.3, -0.25) is 4.90 Å². The van der Waals surface area contributed by atoms with Crippen LogP contribution in [0.5, 0.6) is 0 Å². The Morgan fingerprint density at radius 3 is 2.69 bits per heavy atom. The SMILES string of the molecule is CCOCC(O)CN(C)C(C)C#N. The number of ether oxygens (including phenoxy) is 1. The minimum absolute atomic E-state index is 0.170. The smallest absolute Gasteiger partial charge is 0.0947 e. The molecule has 76 valence electrons. The standard InChI is InChI=1S/C9H18N2O2/c1-4-13-7-9(12)6-11(3)8(2)5-10/h8-9,12H,4,6-7H2,1-3H3. The molecular formula is C9H18N2O2. The molecule has 0 aromatic rings. The molecule has 0 aliphatic carbocycles. The van der Waals surface area contributed by atoms with Gasteiger partial charge in [0.25, 0.3) is 0 Å². The van der Waals surface area contributed by atoms with E-state index in [0.717, 1.165) is 0 Å². The Kier molecular flexibility index (Phi) is 6.51. The number of nitriles is 1. The highest BCUT2D eigenvalue weighted by Gasteiger charge is 2.12. The summed E-state index contributed by atoms with van der Waals surface area (Å²) in [7, 11) is 1.81. The molecular weight excluding hydrogens is 168 g/mol. The topological polar surface area (TPSA) is 56.5 Å². The predicted octanol–water partition coefficient (Wildman–Crippen LogP) is 0.228. The van der Waals surface area contributed by atoms with E-state index in [2.05, 4.69) is 6.07 Å². The van der Waals surface area contributed by atoms with Gasteiger partial charge in [-0.25, -0.2) is 0 Å². The van der Waals surface area contributed by atoms with Crippen LogP contribution in [0.15, 0.2) is 0 Å². The zero-order chi connectivity index (χ0) is 10.3. The fourth-order valence-electron chi connectivity index (χ4n) is 0.896. The molecule has 2 atom stereocenters. The zero-order valence-electron chi connectivity index (χ0n) is 8.53. The van der Waals surface area contributed by atoms with Crippen molar-refractivity contribution >= 4 is 0 Å². The first-order valence-corrected chi connectivity index (χ1v) is 4.47. The van der Waals surface area contributed by atoms with Crippen LogP contribution in [0.2, 0.25) is 0 Å². The highest BCUT2D eigenvalue weighted by molar-refractivity contribution is 4.87. The third-order valence-electron chi connectivity index (χ3n) is 1.86. The lowest BCUT2D eigenvalue weighted by atomic mass is 10.3. The van der Waals surface area contributed by atoms with Gasteiger partial charge in [0.15, 0.2) is 0 Å². The molecule has 4 heteroatoms. The van der Waals surface area contributed by atoms with E-state index in [1.165, 1.54) is 0 Å². The van der Waals surface area contributed by atoms with E-state index in [-0.39, 0.29) is 6.04 Å². The first-order chi connectivity index (χ1) is 6.11. The molecule has 0 aromatic carbocycles. The summed E-state index contributed by atoms with van der Waals surface area (Å²) in [6.07, 6.45) is -0.513. The van der Waals surface area contributed by atoms with Crippen LogP contribution < -0.4 is 0 Å². The van der Waals surface area contributed by atoms with Crippen molar-refractivity contribution in [2.45, 2.75) is 26.0 Å². The maximum Gasteiger partial charge on any atom is 0.0947 e. The summed E-state index contributed by atoms with van der Waals surface area (Å²) < 4.78 is 5.05. The third-order valence-corrected chi connectivity index (χ3v) is 1.86. The zero-order valence-corrected chi connectivity index (χ0v) is 8.53. The summed E-state index contributed by atoms with van der Waals surface area (Å²) in [5.74, 6) is 0. The van der Waals surface area contributed by atoms with Crippen LogP contribution in [0.3, 0.4) is 0 Å². The first-order valence-electron chi connectivity index (χ1n) is 4.47. The van der Waals surface area contributed by atoms with Gasteiger partial charge >= 0.3 is 0 Å². The molecule has 1 N–H and O–H groups in total. The molecule has 0 saturated heterocycles. The summed E-state index contributed by atoms with van der Waals surface area (Å²) >= 11 is 0. The molecule has 2 unspecified atom stereocenters. The molecule has 0 spiro atoms. The Morgan fingerprint density at radius 2 is 2.23 bits per heavy atom. The van der Waals surface area contributed by atoms with Crippen molar-refractivity contribution in [3.63, 3.8) is 0 Å². The van der Waals surface area contributed by atoms with Crippen molar-refractivity contribution in [3.05, 3.63) is 0 Å². The second-order valence-corrected chi connectivity index (χ2v) is 3.06. The fourth-order valence-corrected chi connectivity index (χ4v) is 0.896. The Morgan fingerprint density at radius 1 is 1.62 bits per heavy atom. The molecule has 0 saturated carbocycles. The number of nitrogens with zero attached hydrogens (tertiary/aromatic N) is 2. The monoisotopic (exact) mass is 186 g/mol. The van der Waals surface area contributed by atoms with Crippen molar-refractivity contribution in [3.8, 4) is 6.07 Å². The number of hydrogen-bond acceptors (Lipinski definition) is 4. The maximum atomic E-state index is 9.42. The lowest BCUT2D eigenvalue weighted by Crippen LogP contribution is -2.37. The Labute approximate surface area is 79.7 Å². The molecule has 0 fully saturated rings. The first kappa shape index (κ1) is 12.4. The average molecular weight is 186 g/mol.